The molecule has 2 heterocycles. The number of nitrogens with two attached hydrogens (primary N) is 1. The summed E-state index contributed by atoms with van der Waals surface area (Å²) in [4.78, 5) is 22.1. The molecule has 3 N–H and O–H groups in total. The van der Waals surface area contributed by atoms with Crippen molar-refractivity contribution in [2.45, 2.75) is 32.5 Å². The van der Waals surface area contributed by atoms with Crippen molar-refractivity contribution in [2.75, 3.05) is 11.9 Å². The van der Waals surface area contributed by atoms with Crippen LogP contribution in [0, 0.1) is 12.7 Å². The number of anilines is 1. The molecular weight excluding hydrogens is 426 g/mol. The number of aromatic nitrogens is 2. The van der Waals surface area contributed by atoms with E-state index in [0.717, 1.165) is 18.3 Å². The highest BCUT2D eigenvalue weighted by Gasteiger charge is 2.36. The number of nitrogens with one attached hydrogen (secondary N) is 1. The summed E-state index contributed by atoms with van der Waals surface area (Å²) >= 11 is 5.88. The normalized spacial score (nSPS) is 17.3. The first kappa shape index (κ1) is 21.8. The van der Waals surface area contributed by atoms with Gasteiger partial charge in [0.05, 0.1) is 39.8 Å². The number of rotatable bonds is 3. The van der Waals surface area contributed by atoms with Crippen LogP contribution in [0.2, 0.25) is 5.02 Å². The summed E-state index contributed by atoms with van der Waals surface area (Å²) in [5, 5.41) is 2.27. The van der Waals surface area contributed by atoms with Crippen LogP contribution in [0.25, 0.3) is 0 Å². The van der Waals surface area contributed by atoms with Crippen molar-refractivity contribution < 1.29 is 22.4 Å². The van der Waals surface area contributed by atoms with E-state index in [0.29, 0.717) is 11.4 Å². The van der Waals surface area contributed by atoms with Crippen LogP contribution in [0.4, 0.5) is 23.5 Å². The van der Waals surface area contributed by atoms with Crippen molar-refractivity contribution in [3.8, 4) is 0 Å². The molecule has 1 aliphatic rings. The van der Waals surface area contributed by atoms with Gasteiger partial charge in [-0.05, 0) is 26.0 Å². The lowest BCUT2D eigenvalue weighted by molar-refractivity contribution is -0.137. The molecule has 0 fully saturated rings. The predicted molar refractivity (Wildman–Crippen MR) is 103 cm³/mol. The van der Waals surface area contributed by atoms with Gasteiger partial charge < -0.3 is 16.0 Å². The molecule has 1 aromatic carbocycles. The Hall–Kier alpha value is -2.88. The van der Waals surface area contributed by atoms with Gasteiger partial charge in [-0.3, -0.25) is 4.79 Å². The Balaban J connectivity index is 1.85. The van der Waals surface area contributed by atoms with Crippen molar-refractivity contribution in [3.05, 3.63) is 63.5 Å². The predicted octanol–water partition coefficient (Wildman–Crippen LogP) is 4.11. The molecule has 0 saturated carbocycles. The van der Waals surface area contributed by atoms with E-state index in [1.807, 2.05) is 0 Å². The highest BCUT2D eigenvalue weighted by Crippen LogP contribution is 2.37. The summed E-state index contributed by atoms with van der Waals surface area (Å²) in [7, 11) is 0. The Labute approximate surface area is 174 Å². The molecule has 0 spiro atoms. The van der Waals surface area contributed by atoms with Crippen LogP contribution in [-0.2, 0) is 6.18 Å². The van der Waals surface area contributed by atoms with Crippen molar-refractivity contribution in [2.24, 2.45) is 5.73 Å². The van der Waals surface area contributed by atoms with Crippen LogP contribution in [0.15, 0.2) is 35.8 Å². The van der Waals surface area contributed by atoms with Crippen LogP contribution in [0.1, 0.15) is 35.0 Å². The minimum Gasteiger partial charge on any atom is -0.399 e. The third-order valence-electron chi connectivity index (χ3n) is 4.85. The summed E-state index contributed by atoms with van der Waals surface area (Å²) in [6, 6.07) is 2.58. The molecule has 0 radical (unpaired) electrons. The third-order valence-corrected chi connectivity index (χ3v) is 5.25. The Morgan fingerprint density at radius 2 is 2.07 bits per heavy atom. The lowest BCUT2D eigenvalue weighted by atomic mass is 10.0. The van der Waals surface area contributed by atoms with E-state index in [-0.39, 0.29) is 30.2 Å². The number of hydrogen-bond acceptors (Lipinski definition) is 5. The van der Waals surface area contributed by atoms with Gasteiger partial charge in [0.25, 0.3) is 5.91 Å². The van der Waals surface area contributed by atoms with Crippen LogP contribution in [-0.4, -0.2) is 33.4 Å². The Bertz CT molecular complexity index is 1020. The maximum Gasteiger partial charge on any atom is 0.417 e. The third kappa shape index (κ3) is 4.18. The van der Waals surface area contributed by atoms with Gasteiger partial charge in [-0.25, -0.2) is 14.4 Å². The van der Waals surface area contributed by atoms with Gasteiger partial charge in [-0.2, -0.15) is 13.2 Å². The van der Waals surface area contributed by atoms with E-state index in [4.69, 9.17) is 17.3 Å². The number of carbonyl (C=O) groups is 1. The molecular formula is C19H18ClF4N5O. The average molecular weight is 444 g/mol. The fraction of sp³-hybridized carbons (Fsp3) is 0.316. The van der Waals surface area contributed by atoms with E-state index in [1.54, 1.807) is 6.92 Å². The number of nitrogens with zero attached hydrogens (tertiary/aromatic N) is 3. The van der Waals surface area contributed by atoms with E-state index in [2.05, 4.69) is 15.3 Å². The van der Waals surface area contributed by atoms with E-state index < -0.39 is 34.5 Å². The summed E-state index contributed by atoms with van der Waals surface area (Å²) in [5.41, 5.74) is 5.84. The van der Waals surface area contributed by atoms with Crippen LogP contribution in [0.3, 0.4) is 0 Å². The van der Waals surface area contributed by atoms with Crippen LogP contribution < -0.4 is 11.1 Å². The second-order valence-corrected chi connectivity index (χ2v) is 7.15. The number of aryl methyl sites for hydroxylation is 1. The summed E-state index contributed by atoms with van der Waals surface area (Å²) < 4.78 is 52.7. The van der Waals surface area contributed by atoms with Crippen LogP contribution in [0.5, 0.6) is 0 Å². The molecule has 3 rings (SSSR count). The highest BCUT2D eigenvalue weighted by molar-refractivity contribution is 6.34. The molecule has 6 nitrogen and oxygen atoms in total. The second-order valence-electron chi connectivity index (χ2n) is 6.78. The first-order chi connectivity index (χ1) is 14.0. The summed E-state index contributed by atoms with van der Waals surface area (Å²) in [6.45, 7) is 3.31. The molecule has 0 aliphatic carbocycles. The fourth-order valence-corrected chi connectivity index (χ4v) is 3.43. The molecule has 30 heavy (non-hydrogen) atoms. The zero-order valence-electron chi connectivity index (χ0n) is 16.0. The maximum absolute atomic E-state index is 13.3. The molecule has 1 unspecified atom stereocenters. The first-order valence-electron chi connectivity index (χ1n) is 8.92. The SMILES string of the molecule is Cc1nc(NC2=C(N)C(C)N(C(=O)c3cccc(C(F)(F)F)c3Cl)CC2)ncc1F. The monoisotopic (exact) mass is 443 g/mol. The van der Waals surface area contributed by atoms with Gasteiger partial charge in [-0.1, -0.05) is 17.7 Å². The molecule has 160 valence electrons. The molecule has 1 aromatic heterocycles. The average Bonchev–Trinajstić information content (AvgIpc) is 2.67. The number of alkyl halides is 3. The van der Waals surface area contributed by atoms with Gasteiger partial charge >= 0.3 is 6.18 Å². The van der Waals surface area contributed by atoms with Gasteiger partial charge in [0.2, 0.25) is 5.95 Å². The Kier molecular flexibility index (Phi) is 5.89. The second kappa shape index (κ2) is 8.10. The number of carbonyl (C=O) groups excluding carboxylic acids is 1. The molecule has 1 amide bonds. The number of hydrogen-bond donors (Lipinski definition) is 2. The number of benzene rings is 1. The zero-order chi connectivity index (χ0) is 22.2. The lowest BCUT2D eigenvalue weighted by Gasteiger charge is -2.35. The quantitative estimate of drug-likeness (QED) is 0.697. The lowest BCUT2D eigenvalue weighted by Crippen LogP contribution is -2.46. The minimum atomic E-state index is -4.68. The van der Waals surface area contributed by atoms with E-state index >= 15 is 0 Å². The Morgan fingerprint density at radius 1 is 1.37 bits per heavy atom. The summed E-state index contributed by atoms with van der Waals surface area (Å²) in [5.74, 6) is -1.05. The van der Waals surface area contributed by atoms with E-state index in [1.165, 1.54) is 17.9 Å². The van der Waals surface area contributed by atoms with Crippen LogP contribution >= 0.6 is 11.6 Å². The molecule has 0 bridgehead atoms. The minimum absolute atomic E-state index is 0.153. The first-order valence-corrected chi connectivity index (χ1v) is 9.29. The fourth-order valence-electron chi connectivity index (χ4n) is 3.12. The smallest absolute Gasteiger partial charge is 0.399 e. The zero-order valence-corrected chi connectivity index (χ0v) is 16.8. The molecule has 0 saturated heterocycles. The van der Waals surface area contributed by atoms with Crippen molar-refractivity contribution in [1.82, 2.24) is 14.9 Å². The molecule has 1 aliphatic heterocycles. The van der Waals surface area contributed by atoms with Gasteiger partial charge in [0.15, 0.2) is 5.82 Å². The molecule has 1 atom stereocenters. The maximum atomic E-state index is 13.3. The standard InChI is InChI=1S/C19H18ClF4N5O/c1-9-13(21)8-26-18(27-9)28-14-6-7-29(10(2)16(14)25)17(30)11-4-3-5-12(15(11)20)19(22,23)24/h3-5,8,10H,6-7,25H2,1-2H3,(H,26,27,28). The van der Waals surface area contributed by atoms with Gasteiger partial charge in [0.1, 0.15) is 0 Å². The number of halogens is 5. The Morgan fingerprint density at radius 3 is 2.70 bits per heavy atom. The topological polar surface area (TPSA) is 84.1 Å². The van der Waals surface area contributed by atoms with Crippen molar-refractivity contribution in [1.29, 1.82) is 0 Å². The van der Waals surface area contributed by atoms with E-state index in [9.17, 15) is 22.4 Å². The van der Waals surface area contributed by atoms with Gasteiger partial charge in [-0.15, -0.1) is 0 Å². The highest BCUT2D eigenvalue weighted by atomic mass is 35.5. The van der Waals surface area contributed by atoms with Crippen molar-refractivity contribution in [3.63, 3.8) is 0 Å². The summed E-state index contributed by atoms with van der Waals surface area (Å²) in [6.07, 6.45) is -3.37. The van der Waals surface area contributed by atoms with Crippen molar-refractivity contribution >= 4 is 23.5 Å². The molecule has 2 aromatic rings. The van der Waals surface area contributed by atoms with Gasteiger partial charge in [0, 0.05) is 18.7 Å². The largest absolute Gasteiger partial charge is 0.417 e. The number of amides is 1. The molecule has 11 heteroatoms.